The topological polar surface area (TPSA) is 77.5 Å². The molecule has 8 nitrogen and oxygen atoms in total. The van der Waals surface area contributed by atoms with Crippen molar-refractivity contribution in [3.63, 3.8) is 0 Å². The van der Waals surface area contributed by atoms with Gasteiger partial charge in [-0.3, -0.25) is 9.80 Å². The summed E-state index contributed by atoms with van der Waals surface area (Å²) in [7, 11) is 4.42. The standard InChI is InChI=1S/C24H29ClN2O6/c1-6-33-24(29)27-15(2)11-19(18-12-21(30-3)22(31-4)13-20(18)27)26(23(28)32-5)14-16-7-9-17(25)10-8-16/h7-10,12-13,15,19H,6,11,14H2,1-5H3/t15-,19+/m0/s1. The second-order valence-electron chi connectivity index (χ2n) is 7.66. The number of anilines is 1. The lowest BCUT2D eigenvalue weighted by molar-refractivity contribution is 0.0941. The molecule has 1 heterocycles. The van der Waals surface area contributed by atoms with E-state index < -0.39 is 12.2 Å². The number of ether oxygens (including phenoxy) is 4. The average molecular weight is 477 g/mol. The molecule has 2 aromatic carbocycles. The zero-order valence-electron chi connectivity index (χ0n) is 19.5. The Morgan fingerprint density at radius 1 is 1.09 bits per heavy atom. The summed E-state index contributed by atoms with van der Waals surface area (Å²) in [6, 6.07) is 10.2. The minimum Gasteiger partial charge on any atom is -0.493 e. The first kappa shape index (κ1) is 24.5. The summed E-state index contributed by atoms with van der Waals surface area (Å²) in [5.41, 5.74) is 2.23. The summed E-state index contributed by atoms with van der Waals surface area (Å²) in [4.78, 5) is 29.0. The molecule has 0 N–H and O–H groups in total. The van der Waals surface area contributed by atoms with E-state index >= 15 is 0 Å². The van der Waals surface area contributed by atoms with Crippen LogP contribution in [0.15, 0.2) is 36.4 Å². The lowest BCUT2D eigenvalue weighted by atomic mass is 9.90. The van der Waals surface area contributed by atoms with E-state index in [9.17, 15) is 9.59 Å². The van der Waals surface area contributed by atoms with Gasteiger partial charge < -0.3 is 18.9 Å². The summed E-state index contributed by atoms with van der Waals surface area (Å²) in [5, 5.41) is 0.613. The molecule has 0 fully saturated rings. The van der Waals surface area contributed by atoms with Crippen molar-refractivity contribution in [1.29, 1.82) is 0 Å². The highest BCUT2D eigenvalue weighted by molar-refractivity contribution is 6.30. The number of hydrogen-bond acceptors (Lipinski definition) is 6. The monoisotopic (exact) mass is 476 g/mol. The van der Waals surface area contributed by atoms with Crippen LogP contribution in [0.25, 0.3) is 0 Å². The minimum atomic E-state index is -0.479. The van der Waals surface area contributed by atoms with Gasteiger partial charge in [0.05, 0.1) is 39.7 Å². The van der Waals surface area contributed by atoms with Gasteiger partial charge in [0.1, 0.15) is 0 Å². The molecule has 0 saturated carbocycles. The van der Waals surface area contributed by atoms with Crippen LogP contribution >= 0.6 is 11.6 Å². The van der Waals surface area contributed by atoms with Crippen molar-refractivity contribution in [3.8, 4) is 11.5 Å². The summed E-state index contributed by atoms with van der Waals surface area (Å²) >= 11 is 6.03. The molecule has 0 spiro atoms. The van der Waals surface area contributed by atoms with Gasteiger partial charge in [0.25, 0.3) is 0 Å². The number of benzene rings is 2. The van der Waals surface area contributed by atoms with Gasteiger partial charge in [-0.1, -0.05) is 23.7 Å². The summed E-state index contributed by atoms with van der Waals surface area (Å²) < 4.78 is 21.4. The van der Waals surface area contributed by atoms with E-state index in [2.05, 4.69) is 0 Å². The highest BCUT2D eigenvalue weighted by Crippen LogP contribution is 2.46. The highest BCUT2D eigenvalue weighted by atomic mass is 35.5. The number of hydrogen-bond donors (Lipinski definition) is 0. The van der Waals surface area contributed by atoms with Crippen molar-refractivity contribution in [3.05, 3.63) is 52.5 Å². The van der Waals surface area contributed by atoms with E-state index in [1.54, 1.807) is 48.1 Å². The maximum atomic E-state index is 12.9. The van der Waals surface area contributed by atoms with Crippen LogP contribution in [0.2, 0.25) is 5.02 Å². The Morgan fingerprint density at radius 2 is 1.73 bits per heavy atom. The maximum absolute atomic E-state index is 12.9. The van der Waals surface area contributed by atoms with E-state index in [0.29, 0.717) is 35.2 Å². The molecule has 0 bridgehead atoms. The van der Waals surface area contributed by atoms with Crippen LogP contribution in [0.1, 0.15) is 37.4 Å². The van der Waals surface area contributed by atoms with Crippen molar-refractivity contribution in [1.82, 2.24) is 4.90 Å². The molecule has 3 rings (SSSR count). The van der Waals surface area contributed by atoms with Crippen molar-refractivity contribution in [2.45, 2.75) is 38.9 Å². The van der Waals surface area contributed by atoms with Gasteiger partial charge >= 0.3 is 12.2 Å². The second-order valence-corrected chi connectivity index (χ2v) is 8.10. The molecule has 178 valence electrons. The van der Waals surface area contributed by atoms with Crippen LogP contribution in [-0.2, 0) is 16.0 Å². The third-order valence-electron chi connectivity index (χ3n) is 5.67. The normalized spacial score (nSPS) is 17.1. The molecule has 1 aliphatic heterocycles. The number of rotatable bonds is 6. The summed E-state index contributed by atoms with van der Waals surface area (Å²) in [5.74, 6) is 0.969. The van der Waals surface area contributed by atoms with Crippen molar-refractivity contribution in [2.24, 2.45) is 0 Å². The Hall–Kier alpha value is -3.13. The van der Waals surface area contributed by atoms with E-state index in [1.165, 1.54) is 14.2 Å². The van der Waals surface area contributed by atoms with Crippen LogP contribution < -0.4 is 14.4 Å². The maximum Gasteiger partial charge on any atom is 0.414 e. The molecular weight excluding hydrogens is 448 g/mol. The summed E-state index contributed by atoms with van der Waals surface area (Å²) in [6.45, 7) is 4.23. The van der Waals surface area contributed by atoms with Gasteiger partial charge in [-0.15, -0.1) is 0 Å². The molecule has 1 aliphatic rings. The van der Waals surface area contributed by atoms with Gasteiger partial charge in [0.2, 0.25) is 0 Å². The predicted octanol–water partition coefficient (Wildman–Crippen LogP) is 5.42. The number of nitrogens with zero attached hydrogens (tertiary/aromatic N) is 2. The van der Waals surface area contributed by atoms with Crippen molar-refractivity contribution >= 4 is 29.5 Å². The van der Waals surface area contributed by atoms with E-state index in [4.69, 9.17) is 30.5 Å². The fourth-order valence-electron chi connectivity index (χ4n) is 4.12. The third kappa shape index (κ3) is 5.11. The fourth-order valence-corrected chi connectivity index (χ4v) is 4.25. The predicted molar refractivity (Wildman–Crippen MR) is 125 cm³/mol. The first-order valence-corrected chi connectivity index (χ1v) is 11.0. The average Bonchev–Trinajstić information content (AvgIpc) is 2.82. The van der Waals surface area contributed by atoms with Crippen LogP contribution in [0.4, 0.5) is 15.3 Å². The second kappa shape index (κ2) is 10.7. The first-order valence-electron chi connectivity index (χ1n) is 10.6. The van der Waals surface area contributed by atoms with Crippen LogP contribution in [-0.4, -0.2) is 51.1 Å². The number of carbonyl (C=O) groups excluding carboxylic acids is 2. The highest BCUT2D eigenvalue weighted by Gasteiger charge is 2.40. The molecule has 0 saturated heterocycles. The molecule has 33 heavy (non-hydrogen) atoms. The molecule has 0 radical (unpaired) electrons. The van der Waals surface area contributed by atoms with Gasteiger partial charge in [-0.2, -0.15) is 0 Å². The third-order valence-corrected chi connectivity index (χ3v) is 5.92. The molecule has 2 aromatic rings. The Balaban J connectivity index is 2.13. The van der Waals surface area contributed by atoms with Crippen LogP contribution in [0.5, 0.6) is 11.5 Å². The molecule has 0 aliphatic carbocycles. The molecular formula is C24H29ClN2O6. The minimum absolute atomic E-state index is 0.249. The van der Waals surface area contributed by atoms with Gasteiger partial charge in [-0.05, 0) is 44.0 Å². The van der Waals surface area contributed by atoms with E-state index in [-0.39, 0.29) is 18.7 Å². The summed E-state index contributed by atoms with van der Waals surface area (Å²) in [6.07, 6.45) is -0.462. The number of fused-ring (bicyclic) bond motifs is 1. The molecule has 0 aromatic heterocycles. The van der Waals surface area contributed by atoms with Crippen LogP contribution in [0, 0.1) is 0 Å². The fraction of sp³-hybridized carbons (Fsp3) is 0.417. The molecule has 9 heteroatoms. The largest absolute Gasteiger partial charge is 0.493 e. The number of carbonyl (C=O) groups is 2. The zero-order valence-corrected chi connectivity index (χ0v) is 20.2. The SMILES string of the molecule is CCOC(=O)N1c2cc(OC)c(OC)cc2[C@H](N(Cc2ccc(Cl)cc2)C(=O)OC)C[C@@H]1C. The molecule has 0 unspecified atom stereocenters. The van der Waals surface area contributed by atoms with Gasteiger partial charge in [0, 0.05) is 29.2 Å². The number of halogens is 1. The Morgan fingerprint density at radius 3 is 2.30 bits per heavy atom. The van der Waals surface area contributed by atoms with Gasteiger partial charge in [-0.25, -0.2) is 9.59 Å². The smallest absolute Gasteiger partial charge is 0.414 e. The number of amides is 2. The lowest BCUT2D eigenvalue weighted by Crippen LogP contribution is -2.47. The van der Waals surface area contributed by atoms with Crippen LogP contribution in [0.3, 0.4) is 0 Å². The quantitative estimate of drug-likeness (QED) is 0.553. The number of methoxy groups -OCH3 is 3. The molecule has 2 atom stereocenters. The Labute approximate surface area is 198 Å². The van der Waals surface area contributed by atoms with Crippen molar-refractivity contribution in [2.75, 3.05) is 32.8 Å². The first-order chi connectivity index (χ1) is 15.8. The Bertz CT molecular complexity index is 997. The lowest BCUT2D eigenvalue weighted by Gasteiger charge is -2.42. The Kier molecular flexibility index (Phi) is 7.92. The zero-order chi connectivity index (χ0) is 24.1. The molecule has 2 amide bonds. The van der Waals surface area contributed by atoms with E-state index in [0.717, 1.165) is 11.1 Å². The van der Waals surface area contributed by atoms with Gasteiger partial charge in [0.15, 0.2) is 11.5 Å². The van der Waals surface area contributed by atoms with Crippen molar-refractivity contribution < 1.29 is 28.5 Å². The van der Waals surface area contributed by atoms with E-state index in [1.807, 2.05) is 19.1 Å².